The van der Waals surface area contributed by atoms with E-state index in [1.165, 1.54) is 6.92 Å². The fourth-order valence-electron chi connectivity index (χ4n) is 0.852. The summed E-state index contributed by atoms with van der Waals surface area (Å²) in [6, 6.07) is 0. The van der Waals surface area contributed by atoms with Crippen molar-refractivity contribution in [3.8, 4) is 0 Å². The van der Waals surface area contributed by atoms with Gasteiger partial charge in [0.2, 0.25) is 10.0 Å². The first-order valence-corrected chi connectivity index (χ1v) is 6.09. The monoisotopic (exact) mass is 253 g/mol. The van der Waals surface area contributed by atoms with Gasteiger partial charge in [0.25, 0.3) is 0 Å². The Kier molecular flexibility index (Phi) is 5.97. The Morgan fingerprint density at radius 1 is 1.06 bits per heavy atom. The van der Waals surface area contributed by atoms with Gasteiger partial charge in [-0.1, -0.05) is 0 Å². The highest BCUT2D eigenvalue weighted by Gasteiger charge is 2.25. The standard InChI is InChI=1S/C8H15NO6S/c1-4-16(12,13)9(5-7(10)14-2)6-8(11)15-3/h4-6H2,1-3H3. The Labute approximate surface area is 94.4 Å². The first-order chi connectivity index (χ1) is 7.37. The van der Waals surface area contributed by atoms with Gasteiger partial charge < -0.3 is 9.47 Å². The molecular formula is C8H15NO6S. The summed E-state index contributed by atoms with van der Waals surface area (Å²) >= 11 is 0. The number of hydrogen-bond donors (Lipinski definition) is 0. The molecule has 94 valence electrons. The number of ether oxygens (including phenoxy) is 2. The van der Waals surface area contributed by atoms with E-state index < -0.39 is 35.1 Å². The molecule has 0 fully saturated rings. The fourth-order valence-corrected chi connectivity index (χ4v) is 1.82. The van der Waals surface area contributed by atoms with E-state index in [4.69, 9.17) is 0 Å². The largest absolute Gasteiger partial charge is 0.468 e. The molecule has 0 saturated heterocycles. The van der Waals surface area contributed by atoms with Gasteiger partial charge in [-0.25, -0.2) is 8.42 Å². The smallest absolute Gasteiger partial charge is 0.321 e. The lowest BCUT2D eigenvalue weighted by molar-refractivity contribution is -0.143. The van der Waals surface area contributed by atoms with Crippen LogP contribution in [-0.2, 0) is 29.1 Å². The molecular weight excluding hydrogens is 238 g/mol. The topological polar surface area (TPSA) is 90.0 Å². The number of sulfonamides is 1. The van der Waals surface area contributed by atoms with E-state index in [0.717, 1.165) is 18.5 Å². The van der Waals surface area contributed by atoms with Crippen molar-refractivity contribution in [2.24, 2.45) is 0 Å². The summed E-state index contributed by atoms with van der Waals surface area (Å²) in [6.07, 6.45) is 0. The van der Waals surface area contributed by atoms with Crippen molar-refractivity contribution in [2.45, 2.75) is 6.92 Å². The zero-order chi connectivity index (χ0) is 12.8. The summed E-state index contributed by atoms with van der Waals surface area (Å²) in [5.41, 5.74) is 0. The van der Waals surface area contributed by atoms with Crippen molar-refractivity contribution in [1.29, 1.82) is 0 Å². The maximum absolute atomic E-state index is 11.5. The molecule has 0 bridgehead atoms. The number of methoxy groups -OCH3 is 2. The minimum absolute atomic E-state index is 0.207. The van der Waals surface area contributed by atoms with E-state index in [1.54, 1.807) is 0 Å². The maximum atomic E-state index is 11.5. The Morgan fingerprint density at radius 2 is 1.44 bits per heavy atom. The average Bonchev–Trinajstić information content (AvgIpc) is 2.27. The summed E-state index contributed by atoms with van der Waals surface area (Å²) in [5, 5.41) is 0. The Bertz CT molecular complexity index is 332. The van der Waals surface area contributed by atoms with Gasteiger partial charge in [-0.15, -0.1) is 0 Å². The van der Waals surface area contributed by atoms with E-state index in [-0.39, 0.29) is 5.75 Å². The quantitative estimate of drug-likeness (QED) is 0.563. The zero-order valence-electron chi connectivity index (χ0n) is 9.43. The van der Waals surface area contributed by atoms with Gasteiger partial charge >= 0.3 is 11.9 Å². The van der Waals surface area contributed by atoms with Crippen LogP contribution in [0.4, 0.5) is 0 Å². The number of carbonyl (C=O) groups excluding carboxylic acids is 2. The highest BCUT2D eigenvalue weighted by Crippen LogP contribution is 2.02. The molecule has 0 aliphatic rings. The lowest BCUT2D eigenvalue weighted by Crippen LogP contribution is -2.40. The fraction of sp³-hybridized carbons (Fsp3) is 0.750. The number of esters is 2. The van der Waals surface area contributed by atoms with Gasteiger partial charge in [-0.05, 0) is 6.92 Å². The number of carbonyl (C=O) groups is 2. The molecule has 0 aliphatic carbocycles. The number of hydrogen-bond acceptors (Lipinski definition) is 6. The lowest BCUT2D eigenvalue weighted by atomic mass is 10.6. The van der Waals surface area contributed by atoms with Crippen molar-refractivity contribution in [3.63, 3.8) is 0 Å². The van der Waals surface area contributed by atoms with Crippen LogP contribution in [0.1, 0.15) is 6.92 Å². The average molecular weight is 253 g/mol. The lowest BCUT2D eigenvalue weighted by Gasteiger charge is -2.18. The molecule has 0 spiro atoms. The van der Waals surface area contributed by atoms with Crippen LogP contribution in [0.5, 0.6) is 0 Å². The number of nitrogens with zero attached hydrogens (tertiary/aromatic N) is 1. The molecule has 0 radical (unpaired) electrons. The van der Waals surface area contributed by atoms with Crippen LogP contribution in [0.3, 0.4) is 0 Å². The molecule has 0 unspecified atom stereocenters. The van der Waals surface area contributed by atoms with E-state index in [1.807, 2.05) is 0 Å². The molecule has 7 nitrogen and oxygen atoms in total. The van der Waals surface area contributed by atoms with Crippen molar-refractivity contribution in [2.75, 3.05) is 33.1 Å². The Morgan fingerprint density at radius 3 is 1.69 bits per heavy atom. The molecule has 8 heteroatoms. The van der Waals surface area contributed by atoms with E-state index in [9.17, 15) is 18.0 Å². The summed E-state index contributed by atoms with van der Waals surface area (Å²) < 4.78 is 32.4. The molecule has 0 aliphatic heterocycles. The summed E-state index contributed by atoms with van der Waals surface area (Å²) in [7, 11) is -1.37. The predicted octanol–water partition coefficient (Wildman–Crippen LogP) is -1.02. The normalized spacial score (nSPS) is 11.2. The molecule has 16 heavy (non-hydrogen) atoms. The predicted molar refractivity (Wildman–Crippen MR) is 55.1 cm³/mol. The van der Waals surface area contributed by atoms with Crippen molar-refractivity contribution < 1.29 is 27.5 Å². The van der Waals surface area contributed by atoms with Crippen LogP contribution in [0.15, 0.2) is 0 Å². The van der Waals surface area contributed by atoms with E-state index in [0.29, 0.717) is 0 Å². The first-order valence-electron chi connectivity index (χ1n) is 4.48. The van der Waals surface area contributed by atoms with Gasteiger partial charge in [-0.2, -0.15) is 4.31 Å². The maximum Gasteiger partial charge on any atom is 0.321 e. The van der Waals surface area contributed by atoms with Crippen LogP contribution >= 0.6 is 0 Å². The molecule has 0 atom stereocenters. The van der Waals surface area contributed by atoms with Crippen LogP contribution in [0.25, 0.3) is 0 Å². The summed E-state index contributed by atoms with van der Waals surface area (Å²) in [4.78, 5) is 21.9. The Balaban J connectivity index is 4.77. The third-order valence-corrected chi connectivity index (χ3v) is 3.60. The second-order valence-corrected chi connectivity index (χ2v) is 5.08. The highest BCUT2D eigenvalue weighted by atomic mass is 32.2. The van der Waals surface area contributed by atoms with Gasteiger partial charge in [0.1, 0.15) is 13.1 Å². The SMILES string of the molecule is CCS(=O)(=O)N(CC(=O)OC)CC(=O)OC. The van der Waals surface area contributed by atoms with Crippen LogP contribution < -0.4 is 0 Å². The summed E-state index contributed by atoms with van der Waals surface area (Å²) in [5.74, 6) is -1.68. The van der Waals surface area contributed by atoms with Crippen LogP contribution in [-0.4, -0.2) is 57.7 Å². The van der Waals surface area contributed by atoms with Crippen LogP contribution in [0.2, 0.25) is 0 Å². The third-order valence-electron chi connectivity index (χ3n) is 1.82. The summed E-state index contributed by atoms with van der Waals surface area (Å²) in [6.45, 7) is 0.417. The molecule has 0 rings (SSSR count). The van der Waals surface area contributed by atoms with Gasteiger partial charge in [-0.3, -0.25) is 9.59 Å². The minimum atomic E-state index is -3.64. The Hall–Kier alpha value is -1.15. The van der Waals surface area contributed by atoms with Gasteiger partial charge in [0, 0.05) is 0 Å². The molecule has 0 aromatic rings. The van der Waals surface area contributed by atoms with Crippen LogP contribution in [0, 0.1) is 0 Å². The highest BCUT2D eigenvalue weighted by molar-refractivity contribution is 7.89. The molecule has 0 aromatic carbocycles. The van der Waals surface area contributed by atoms with Gasteiger partial charge in [0.15, 0.2) is 0 Å². The molecule has 0 amide bonds. The van der Waals surface area contributed by atoms with Crippen molar-refractivity contribution in [3.05, 3.63) is 0 Å². The molecule has 0 aromatic heterocycles. The first kappa shape index (κ1) is 14.8. The zero-order valence-corrected chi connectivity index (χ0v) is 10.2. The van der Waals surface area contributed by atoms with E-state index in [2.05, 4.69) is 9.47 Å². The minimum Gasteiger partial charge on any atom is -0.468 e. The van der Waals surface area contributed by atoms with E-state index >= 15 is 0 Å². The van der Waals surface area contributed by atoms with Gasteiger partial charge in [0.05, 0.1) is 20.0 Å². The third kappa shape index (κ3) is 4.58. The molecule has 0 saturated carbocycles. The molecule has 0 N–H and O–H groups in total. The van der Waals surface area contributed by atoms with Crippen molar-refractivity contribution in [1.82, 2.24) is 4.31 Å². The van der Waals surface area contributed by atoms with Crippen molar-refractivity contribution >= 4 is 22.0 Å². The molecule has 0 heterocycles. The second kappa shape index (κ2) is 6.44. The number of rotatable bonds is 6. The second-order valence-electron chi connectivity index (χ2n) is 2.82.